The quantitative estimate of drug-likeness (QED) is 0.362. The number of fused-ring (bicyclic) bond motifs is 2. The number of hydrogen-bond donors (Lipinski definition) is 0. The van der Waals surface area contributed by atoms with E-state index in [-0.39, 0.29) is 5.91 Å². The molecule has 0 aliphatic carbocycles. The summed E-state index contributed by atoms with van der Waals surface area (Å²) in [6, 6.07) is 23.4. The molecule has 31 heavy (non-hydrogen) atoms. The summed E-state index contributed by atoms with van der Waals surface area (Å²) in [5, 5.41) is 2.78. The highest BCUT2D eigenvalue weighted by atomic mass is 32.1. The van der Waals surface area contributed by atoms with Gasteiger partial charge in [0, 0.05) is 18.0 Å². The Morgan fingerprint density at radius 1 is 1.00 bits per heavy atom. The minimum absolute atomic E-state index is 0.0966. The number of ether oxygens (including phenoxy) is 1. The Labute approximate surface area is 183 Å². The lowest BCUT2D eigenvalue weighted by atomic mass is 10.1. The standard InChI is InChI=1S/C25H19N3O2S/c1-30-21-10-11-22-23(14-21)31-25(27-22)28(16-17-5-4-12-26-15-17)24(29)20-9-8-18-6-2-3-7-19(18)13-20/h2-15H,16H2,1H3. The second-order valence-corrected chi connectivity index (χ2v) is 8.15. The fraction of sp³-hybridized carbons (Fsp3) is 0.0800. The second-order valence-electron chi connectivity index (χ2n) is 7.14. The zero-order valence-electron chi connectivity index (χ0n) is 16.9. The van der Waals surface area contributed by atoms with Crippen LogP contribution in [0.1, 0.15) is 15.9 Å². The van der Waals surface area contributed by atoms with Gasteiger partial charge in [-0.1, -0.05) is 47.7 Å². The van der Waals surface area contributed by atoms with Gasteiger partial charge in [-0.2, -0.15) is 0 Å². The first-order valence-electron chi connectivity index (χ1n) is 9.85. The van der Waals surface area contributed by atoms with Gasteiger partial charge in [-0.25, -0.2) is 4.98 Å². The molecule has 152 valence electrons. The summed E-state index contributed by atoms with van der Waals surface area (Å²) in [7, 11) is 1.64. The highest BCUT2D eigenvalue weighted by molar-refractivity contribution is 7.22. The Balaban J connectivity index is 1.58. The Morgan fingerprint density at radius 2 is 1.87 bits per heavy atom. The zero-order valence-corrected chi connectivity index (χ0v) is 17.7. The minimum atomic E-state index is -0.0966. The number of thiazole rings is 1. The monoisotopic (exact) mass is 425 g/mol. The summed E-state index contributed by atoms with van der Waals surface area (Å²) in [6.07, 6.45) is 3.50. The van der Waals surface area contributed by atoms with Crippen molar-refractivity contribution in [2.24, 2.45) is 0 Å². The normalized spacial score (nSPS) is 11.0. The lowest BCUT2D eigenvalue weighted by molar-refractivity contribution is 0.0985. The van der Waals surface area contributed by atoms with Gasteiger partial charge < -0.3 is 4.74 Å². The van der Waals surface area contributed by atoms with Gasteiger partial charge in [0.15, 0.2) is 5.13 Å². The topological polar surface area (TPSA) is 55.3 Å². The SMILES string of the molecule is COc1ccc2nc(N(Cc3cccnc3)C(=O)c3ccc4ccccc4c3)sc2c1. The van der Waals surface area contributed by atoms with Crippen LogP contribution in [0.3, 0.4) is 0 Å². The number of carbonyl (C=O) groups excluding carboxylic acids is 1. The number of pyridine rings is 1. The van der Waals surface area contributed by atoms with Crippen molar-refractivity contribution in [2.45, 2.75) is 6.54 Å². The summed E-state index contributed by atoms with van der Waals surface area (Å²) < 4.78 is 6.30. The number of methoxy groups -OCH3 is 1. The molecule has 2 heterocycles. The molecule has 2 aromatic heterocycles. The first kappa shape index (κ1) is 19.2. The first-order chi connectivity index (χ1) is 15.2. The van der Waals surface area contributed by atoms with Crippen LogP contribution in [0.2, 0.25) is 0 Å². The molecule has 0 aliphatic rings. The van der Waals surface area contributed by atoms with Crippen molar-refractivity contribution in [3.8, 4) is 5.75 Å². The second kappa shape index (κ2) is 8.16. The molecule has 5 nitrogen and oxygen atoms in total. The maximum absolute atomic E-state index is 13.6. The number of rotatable bonds is 5. The summed E-state index contributed by atoms with van der Waals surface area (Å²) in [6.45, 7) is 0.385. The molecule has 3 aromatic carbocycles. The van der Waals surface area contributed by atoms with Crippen LogP contribution < -0.4 is 9.64 Å². The van der Waals surface area contributed by atoms with Crippen molar-refractivity contribution in [3.05, 3.63) is 96.3 Å². The van der Waals surface area contributed by atoms with E-state index >= 15 is 0 Å². The van der Waals surface area contributed by atoms with E-state index in [4.69, 9.17) is 9.72 Å². The number of carbonyl (C=O) groups is 1. The number of nitrogens with zero attached hydrogens (tertiary/aromatic N) is 3. The first-order valence-corrected chi connectivity index (χ1v) is 10.7. The summed E-state index contributed by atoms with van der Waals surface area (Å²) in [5.41, 5.74) is 2.40. The third-order valence-electron chi connectivity index (χ3n) is 5.12. The Bertz CT molecular complexity index is 1380. The van der Waals surface area contributed by atoms with Crippen molar-refractivity contribution in [3.63, 3.8) is 0 Å². The number of anilines is 1. The van der Waals surface area contributed by atoms with Gasteiger partial charge in [0.1, 0.15) is 5.75 Å². The fourth-order valence-corrected chi connectivity index (χ4v) is 4.51. The van der Waals surface area contributed by atoms with Crippen LogP contribution in [0.4, 0.5) is 5.13 Å². The lowest BCUT2D eigenvalue weighted by Crippen LogP contribution is -2.30. The van der Waals surface area contributed by atoms with E-state index in [2.05, 4.69) is 4.98 Å². The molecular formula is C25H19N3O2S. The van der Waals surface area contributed by atoms with Gasteiger partial charge in [0.2, 0.25) is 0 Å². The maximum Gasteiger partial charge on any atom is 0.260 e. The highest BCUT2D eigenvalue weighted by Gasteiger charge is 2.22. The minimum Gasteiger partial charge on any atom is -0.497 e. The molecule has 0 spiro atoms. The zero-order chi connectivity index (χ0) is 21.2. The molecule has 0 N–H and O–H groups in total. The Hall–Kier alpha value is -3.77. The molecule has 0 saturated carbocycles. The largest absolute Gasteiger partial charge is 0.497 e. The molecule has 5 aromatic rings. The van der Waals surface area contributed by atoms with E-state index in [0.717, 1.165) is 32.3 Å². The number of aromatic nitrogens is 2. The van der Waals surface area contributed by atoms with Crippen LogP contribution in [-0.2, 0) is 6.54 Å². The van der Waals surface area contributed by atoms with E-state index in [0.29, 0.717) is 17.2 Å². The average molecular weight is 426 g/mol. The molecular weight excluding hydrogens is 406 g/mol. The van der Waals surface area contributed by atoms with Gasteiger partial charge in [0.05, 0.1) is 23.9 Å². The van der Waals surface area contributed by atoms with Gasteiger partial charge in [0.25, 0.3) is 5.91 Å². The Kier molecular flexibility index (Phi) is 5.06. The van der Waals surface area contributed by atoms with Crippen LogP contribution in [0.5, 0.6) is 5.75 Å². The molecule has 0 aliphatic heterocycles. The van der Waals surface area contributed by atoms with Crippen molar-refractivity contribution in [2.75, 3.05) is 12.0 Å². The predicted molar refractivity (Wildman–Crippen MR) is 125 cm³/mol. The van der Waals surface area contributed by atoms with Crippen LogP contribution in [-0.4, -0.2) is 23.0 Å². The molecule has 0 radical (unpaired) electrons. The van der Waals surface area contributed by atoms with Crippen molar-refractivity contribution < 1.29 is 9.53 Å². The Morgan fingerprint density at radius 3 is 2.68 bits per heavy atom. The third kappa shape index (κ3) is 3.85. The fourth-order valence-electron chi connectivity index (χ4n) is 3.51. The van der Waals surface area contributed by atoms with Gasteiger partial charge in [-0.3, -0.25) is 14.7 Å². The van der Waals surface area contributed by atoms with Crippen LogP contribution in [0.15, 0.2) is 85.2 Å². The molecule has 1 amide bonds. The van der Waals surface area contributed by atoms with E-state index in [1.807, 2.05) is 72.8 Å². The smallest absolute Gasteiger partial charge is 0.260 e. The van der Waals surface area contributed by atoms with Crippen molar-refractivity contribution in [1.82, 2.24) is 9.97 Å². The molecule has 0 saturated heterocycles. The lowest BCUT2D eigenvalue weighted by Gasteiger charge is -2.20. The predicted octanol–water partition coefficient (Wildman–Crippen LogP) is 5.70. The van der Waals surface area contributed by atoms with Gasteiger partial charge in [-0.05, 0) is 52.7 Å². The maximum atomic E-state index is 13.6. The number of benzene rings is 3. The number of amides is 1. The summed E-state index contributed by atoms with van der Waals surface area (Å²) in [5.74, 6) is 0.669. The molecule has 0 bridgehead atoms. The van der Waals surface area contributed by atoms with E-state index in [9.17, 15) is 4.79 Å². The molecule has 0 atom stereocenters. The van der Waals surface area contributed by atoms with Gasteiger partial charge in [-0.15, -0.1) is 0 Å². The highest BCUT2D eigenvalue weighted by Crippen LogP contribution is 2.33. The summed E-state index contributed by atoms with van der Waals surface area (Å²) in [4.78, 5) is 24.3. The van der Waals surface area contributed by atoms with Crippen LogP contribution in [0, 0.1) is 0 Å². The van der Waals surface area contributed by atoms with Crippen LogP contribution >= 0.6 is 11.3 Å². The molecule has 0 fully saturated rings. The van der Waals surface area contributed by atoms with E-state index < -0.39 is 0 Å². The van der Waals surface area contributed by atoms with Crippen molar-refractivity contribution >= 4 is 43.4 Å². The van der Waals surface area contributed by atoms with Crippen molar-refractivity contribution in [1.29, 1.82) is 0 Å². The van der Waals surface area contributed by atoms with E-state index in [1.165, 1.54) is 11.3 Å². The van der Waals surface area contributed by atoms with E-state index in [1.54, 1.807) is 24.4 Å². The number of hydrogen-bond acceptors (Lipinski definition) is 5. The third-order valence-corrected chi connectivity index (χ3v) is 6.16. The molecule has 5 rings (SSSR count). The molecule has 0 unspecified atom stereocenters. The molecule has 6 heteroatoms. The summed E-state index contributed by atoms with van der Waals surface area (Å²) >= 11 is 1.47. The van der Waals surface area contributed by atoms with Crippen LogP contribution in [0.25, 0.3) is 21.0 Å². The average Bonchev–Trinajstić information content (AvgIpc) is 3.25. The van der Waals surface area contributed by atoms with Gasteiger partial charge >= 0.3 is 0 Å².